The standard InChI is InChI=1S/C23H20ClN/c1-5-16-11-18(24)12-19-14(3)21(15(4)22(16)19)20-10-9-17-8-6-7-13(2)23(17)25-20/h6-12,21H,3-5H2,1-2H3. The first-order valence-electron chi connectivity index (χ1n) is 8.58. The Hall–Kier alpha value is -2.38. The smallest absolute Gasteiger partial charge is 0.0734 e. The molecular weight excluding hydrogens is 326 g/mol. The summed E-state index contributed by atoms with van der Waals surface area (Å²) in [5.74, 6) is 0.0165. The number of halogens is 1. The highest BCUT2D eigenvalue weighted by Gasteiger charge is 2.33. The molecule has 1 unspecified atom stereocenters. The molecule has 2 aromatic carbocycles. The number of hydrogen-bond donors (Lipinski definition) is 0. The third kappa shape index (κ3) is 2.42. The minimum Gasteiger partial charge on any atom is -0.252 e. The Morgan fingerprint density at radius 1 is 1.08 bits per heavy atom. The lowest BCUT2D eigenvalue weighted by atomic mass is 9.92. The molecule has 1 nitrogen and oxygen atoms in total. The van der Waals surface area contributed by atoms with E-state index in [1.165, 1.54) is 16.7 Å². The third-order valence-electron chi connectivity index (χ3n) is 5.17. The number of rotatable bonds is 2. The SMILES string of the molecule is C=C1c2cc(Cl)cc(CC)c2C(=C)C1c1ccc2cccc(C)c2n1. The topological polar surface area (TPSA) is 12.9 Å². The van der Waals surface area contributed by atoms with Gasteiger partial charge in [0.05, 0.1) is 17.1 Å². The van der Waals surface area contributed by atoms with Gasteiger partial charge in [-0.05, 0) is 64.9 Å². The Bertz CT molecular complexity index is 1050. The average molecular weight is 346 g/mol. The highest BCUT2D eigenvalue weighted by Crippen LogP contribution is 2.51. The van der Waals surface area contributed by atoms with E-state index in [0.717, 1.165) is 44.7 Å². The van der Waals surface area contributed by atoms with Gasteiger partial charge < -0.3 is 0 Å². The van der Waals surface area contributed by atoms with Crippen molar-refractivity contribution in [3.63, 3.8) is 0 Å². The molecular formula is C23H20ClN. The van der Waals surface area contributed by atoms with Crippen LogP contribution in [0.4, 0.5) is 0 Å². The lowest BCUT2D eigenvalue weighted by Gasteiger charge is -2.14. The maximum Gasteiger partial charge on any atom is 0.0734 e. The van der Waals surface area contributed by atoms with Crippen LogP contribution in [-0.4, -0.2) is 4.98 Å². The fraction of sp³-hybridized carbons (Fsp3) is 0.174. The number of nitrogens with zero attached hydrogens (tertiary/aromatic N) is 1. The Morgan fingerprint density at radius 3 is 2.64 bits per heavy atom. The molecule has 25 heavy (non-hydrogen) atoms. The summed E-state index contributed by atoms with van der Waals surface area (Å²) in [7, 11) is 0. The van der Waals surface area contributed by atoms with Crippen LogP contribution in [-0.2, 0) is 6.42 Å². The van der Waals surface area contributed by atoms with Gasteiger partial charge in [-0.2, -0.15) is 0 Å². The van der Waals surface area contributed by atoms with E-state index in [0.29, 0.717) is 0 Å². The van der Waals surface area contributed by atoms with E-state index < -0.39 is 0 Å². The third-order valence-corrected chi connectivity index (χ3v) is 5.39. The molecule has 1 atom stereocenters. The van der Waals surface area contributed by atoms with Gasteiger partial charge in [-0.15, -0.1) is 0 Å². The van der Waals surface area contributed by atoms with Crippen molar-refractivity contribution in [3.8, 4) is 0 Å². The molecule has 1 heterocycles. The van der Waals surface area contributed by atoms with Crippen molar-refractivity contribution in [2.75, 3.05) is 0 Å². The van der Waals surface area contributed by atoms with E-state index in [4.69, 9.17) is 16.6 Å². The fourth-order valence-corrected chi connectivity index (χ4v) is 4.15. The average Bonchev–Trinajstić information content (AvgIpc) is 2.85. The van der Waals surface area contributed by atoms with Gasteiger partial charge in [-0.25, -0.2) is 0 Å². The van der Waals surface area contributed by atoms with Crippen LogP contribution < -0.4 is 0 Å². The number of para-hydroxylation sites is 1. The van der Waals surface area contributed by atoms with Gasteiger partial charge in [0.25, 0.3) is 0 Å². The van der Waals surface area contributed by atoms with Gasteiger partial charge in [0.2, 0.25) is 0 Å². The van der Waals surface area contributed by atoms with E-state index in [-0.39, 0.29) is 5.92 Å². The summed E-state index contributed by atoms with van der Waals surface area (Å²) in [4.78, 5) is 4.96. The normalized spacial score (nSPS) is 16.5. The fourth-order valence-electron chi connectivity index (χ4n) is 3.91. The van der Waals surface area contributed by atoms with Crippen molar-refractivity contribution < 1.29 is 0 Å². The molecule has 0 saturated carbocycles. The van der Waals surface area contributed by atoms with E-state index >= 15 is 0 Å². The van der Waals surface area contributed by atoms with Gasteiger partial charge in [-0.1, -0.05) is 55.9 Å². The van der Waals surface area contributed by atoms with Crippen LogP contribution in [0.1, 0.15) is 40.8 Å². The predicted molar refractivity (Wildman–Crippen MR) is 108 cm³/mol. The zero-order chi connectivity index (χ0) is 17.7. The molecule has 124 valence electrons. The summed E-state index contributed by atoms with van der Waals surface area (Å²) in [5, 5.41) is 1.92. The number of allylic oxidation sites excluding steroid dienone is 2. The van der Waals surface area contributed by atoms with Crippen LogP contribution in [0.3, 0.4) is 0 Å². The maximum atomic E-state index is 6.33. The zero-order valence-electron chi connectivity index (χ0n) is 14.6. The molecule has 1 aromatic heterocycles. The predicted octanol–water partition coefficient (Wildman–Crippen LogP) is 6.58. The summed E-state index contributed by atoms with van der Waals surface area (Å²) < 4.78 is 0. The van der Waals surface area contributed by atoms with Crippen molar-refractivity contribution in [1.29, 1.82) is 0 Å². The van der Waals surface area contributed by atoms with E-state index in [9.17, 15) is 0 Å². The zero-order valence-corrected chi connectivity index (χ0v) is 15.3. The van der Waals surface area contributed by atoms with Gasteiger partial charge in [-0.3, -0.25) is 4.98 Å². The van der Waals surface area contributed by atoms with Gasteiger partial charge >= 0.3 is 0 Å². The van der Waals surface area contributed by atoms with Gasteiger partial charge in [0.15, 0.2) is 0 Å². The summed E-state index contributed by atoms with van der Waals surface area (Å²) in [6.07, 6.45) is 0.923. The van der Waals surface area contributed by atoms with Gasteiger partial charge in [0.1, 0.15) is 0 Å². The number of aryl methyl sites for hydroxylation is 2. The highest BCUT2D eigenvalue weighted by molar-refractivity contribution is 6.31. The summed E-state index contributed by atoms with van der Waals surface area (Å²) >= 11 is 6.33. The molecule has 1 aliphatic rings. The molecule has 0 bridgehead atoms. The molecule has 0 radical (unpaired) electrons. The molecule has 0 spiro atoms. The highest BCUT2D eigenvalue weighted by atomic mass is 35.5. The lowest BCUT2D eigenvalue weighted by molar-refractivity contribution is 1.07. The summed E-state index contributed by atoms with van der Waals surface area (Å²) in [6.45, 7) is 13.0. The van der Waals surface area contributed by atoms with Crippen LogP contribution in [0.2, 0.25) is 5.02 Å². The Morgan fingerprint density at radius 2 is 1.88 bits per heavy atom. The van der Waals surface area contributed by atoms with Crippen molar-refractivity contribution in [2.24, 2.45) is 0 Å². The van der Waals surface area contributed by atoms with Crippen LogP contribution in [0.15, 0.2) is 55.6 Å². The van der Waals surface area contributed by atoms with Crippen molar-refractivity contribution in [1.82, 2.24) is 4.98 Å². The van der Waals surface area contributed by atoms with Crippen molar-refractivity contribution in [3.05, 3.63) is 88.6 Å². The summed E-state index contributed by atoms with van der Waals surface area (Å²) in [6, 6.07) is 14.6. The maximum absolute atomic E-state index is 6.33. The second-order valence-corrected chi connectivity index (χ2v) is 7.14. The molecule has 0 saturated heterocycles. The molecule has 0 aliphatic heterocycles. The molecule has 2 heteroatoms. The Balaban J connectivity index is 1.89. The van der Waals surface area contributed by atoms with Crippen LogP contribution in [0, 0.1) is 6.92 Å². The van der Waals surface area contributed by atoms with Crippen LogP contribution >= 0.6 is 11.6 Å². The molecule has 0 fully saturated rings. The van der Waals surface area contributed by atoms with Crippen molar-refractivity contribution in [2.45, 2.75) is 26.2 Å². The molecule has 3 aromatic rings. The monoisotopic (exact) mass is 345 g/mol. The molecule has 0 N–H and O–H groups in total. The second kappa shape index (κ2) is 5.86. The lowest BCUT2D eigenvalue weighted by Crippen LogP contribution is -2.00. The minimum absolute atomic E-state index is 0.0165. The first kappa shape index (κ1) is 16.1. The van der Waals surface area contributed by atoms with E-state index in [2.05, 4.69) is 57.3 Å². The Kier molecular flexibility index (Phi) is 3.77. The number of pyridine rings is 1. The number of hydrogen-bond acceptors (Lipinski definition) is 1. The number of fused-ring (bicyclic) bond motifs is 2. The molecule has 4 rings (SSSR count). The first-order valence-corrected chi connectivity index (χ1v) is 8.96. The Labute approximate surface area is 153 Å². The quantitative estimate of drug-likeness (QED) is 0.511. The largest absolute Gasteiger partial charge is 0.252 e. The first-order chi connectivity index (χ1) is 12.0. The minimum atomic E-state index is 0.0165. The second-order valence-electron chi connectivity index (χ2n) is 6.71. The van der Waals surface area contributed by atoms with Crippen LogP contribution in [0.5, 0.6) is 0 Å². The van der Waals surface area contributed by atoms with Crippen molar-refractivity contribution >= 4 is 33.7 Å². The molecule has 1 aliphatic carbocycles. The summed E-state index contributed by atoms with van der Waals surface area (Å²) in [5.41, 5.74) is 8.90. The van der Waals surface area contributed by atoms with E-state index in [1.54, 1.807) is 0 Å². The van der Waals surface area contributed by atoms with Crippen LogP contribution in [0.25, 0.3) is 22.0 Å². The number of aromatic nitrogens is 1. The number of benzene rings is 2. The van der Waals surface area contributed by atoms with Gasteiger partial charge in [0, 0.05) is 10.4 Å². The molecule has 0 amide bonds. The van der Waals surface area contributed by atoms with E-state index in [1.807, 2.05) is 12.1 Å².